The number of aliphatic imine (C=N–C) groups is 1. The van der Waals surface area contributed by atoms with Gasteiger partial charge in [-0.05, 0) is 31.6 Å². The van der Waals surface area contributed by atoms with E-state index in [1.54, 1.807) is 24.2 Å². The number of hydrogen-bond acceptors (Lipinski definition) is 7. The van der Waals surface area contributed by atoms with Crippen molar-refractivity contribution < 1.29 is 0 Å². The number of guanidine groups is 1. The van der Waals surface area contributed by atoms with E-state index in [1.807, 2.05) is 6.07 Å². The van der Waals surface area contributed by atoms with Gasteiger partial charge < -0.3 is 19.7 Å². The molecule has 1 fully saturated rings. The van der Waals surface area contributed by atoms with Gasteiger partial charge in [-0.25, -0.2) is 9.97 Å². The summed E-state index contributed by atoms with van der Waals surface area (Å²) in [5.41, 5.74) is 0. The first-order chi connectivity index (χ1) is 15.1. The smallest absolute Gasteiger partial charge is 0.225 e. The molecule has 0 spiro atoms. The van der Waals surface area contributed by atoms with Crippen molar-refractivity contribution in [2.24, 2.45) is 10.9 Å². The first-order valence-electron chi connectivity index (χ1n) is 11.1. The Kier molecular flexibility index (Phi) is 8.93. The molecule has 0 bridgehead atoms. The lowest BCUT2D eigenvalue weighted by molar-refractivity contribution is 0.370. The van der Waals surface area contributed by atoms with Crippen molar-refractivity contribution >= 4 is 23.7 Å². The first kappa shape index (κ1) is 23.3. The summed E-state index contributed by atoms with van der Waals surface area (Å²) in [5, 5.41) is 13.2. The zero-order valence-electron chi connectivity index (χ0n) is 19.2. The second-order valence-corrected chi connectivity index (χ2v) is 8.74. The molecule has 1 aliphatic rings. The third kappa shape index (κ3) is 6.56. The molecular weight excluding hydrogens is 410 g/mol. The summed E-state index contributed by atoms with van der Waals surface area (Å²) in [6.07, 6.45) is 7.50. The maximum atomic E-state index is 4.89. The number of hydrogen-bond donors (Lipinski definition) is 1. The highest BCUT2D eigenvalue weighted by Crippen LogP contribution is 2.17. The van der Waals surface area contributed by atoms with Crippen molar-refractivity contribution in [1.29, 1.82) is 0 Å². The van der Waals surface area contributed by atoms with Crippen LogP contribution in [0.3, 0.4) is 0 Å². The van der Waals surface area contributed by atoms with Crippen molar-refractivity contribution in [3.8, 4) is 0 Å². The third-order valence-corrected chi connectivity index (χ3v) is 5.76. The van der Waals surface area contributed by atoms with Gasteiger partial charge >= 0.3 is 0 Å². The van der Waals surface area contributed by atoms with Crippen molar-refractivity contribution in [1.82, 2.24) is 34.9 Å². The van der Waals surface area contributed by atoms with Crippen molar-refractivity contribution in [2.75, 3.05) is 50.4 Å². The average molecular weight is 446 g/mol. The van der Waals surface area contributed by atoms with Crippen LogP contribution in [0.15, 0.2) is 28.6 Å². The minimum Gasteiger partial charge on any atom is -0.357 e. The Bertz CT molecular complexity index is 814. The molecule has 0 amide bonds. The number of rotatable bonds is 9. The molecule has 0 radical (unpaired) electrons. The van der Waals surface area contributed by atoms with E-state index < -0.39 is 0 Å². The Morgan fingerprint density at radius 3 is 2.55 bits per heavy atom. The molecule has 2 aromatic rings. The summed E-state index contributed by atoms with van der Waals surface area (Å²) in [6, 6.07) is 1.85. The summed E-state index contributed by atoms with van der Waals surface area (Å²) >= 11 is 1.66. The highest BCUT2D eigenvalue weighted by atomic mass is 32.2. The normalized spacial score (nSPS) is 15.1. The molecule has 1 aliphatic heterocycles. The molecule has 0 aliphatic carbocycles. The van der Waals surface area contributed by atoms with Crippen molar-refractivity contribution in [3.63, 3.8) is 0 Å². The number of thioether (sulfide) groups is 1. The maximum Gasteiger partial charge on any atom is 0.225 e. The summed E-state index contributed by atoms with van der Waals surface area (Å²) in [6.45, 7) is 12.8. The molecule has 0 unspecified atom stereocenters. The Morgan fingerprint density at radius 1 is 1.16 bits per heavy atom. The van der Waals surface area contributed by atoms with Gasteiger partial charge in [0.2, 0.25) is 5.95 Å². The topological polar surface area (TPSA) is 87.4 Å². The predicted molar refractivity (Wildman–Crippen MR) is 127 cm³/mol. The highest BCUT2D eigenvalue weighted by Gasteiger charge is 2.21. The molecule has 0 aromatic carbocycles. The van der Waals surface area contributed by atoms with Crippen LogP contribution in [-0.4, -0.2) is 81.1 Å². The van der Waals surface area contributed by atoms with Gasteiger partial charge in [0, 0.05) is 64.6 Å². The number of aromatic nitrogens is 5. The fourth-order valence-electron chi connectivity index (χ4n) is 3.62. The summed E-state index contributed by atoms with van der Waals surface area (Å²) in [4.78, 5) is 18.2. The van der Waals surface area contributed by atoms with Crippen molar-refractivity contribution in [3.05, 3.63) is 24.3 Å². The lowest BCUT2D eigenvalue weighted by atomic mass is 10.2. The second kappa shape index (κ2) is 11.9. The van der Waals surface area contributed by atoms with Gasteiger partial charge in [0.1, 0.15) is 5.82 Å². The number of nitrogens with one attached hydrogen (secondary N) is 1. The first-order valence-corrected chi connectivity index (χ1v) is 12.4. The molecule has 0 atom stereocenters. The summed E-state index contributed by atoms with van der Waals surface area (Å²) in [5.74, 6) is 3.43. The quantitative estimate of drug-likeness (QED) is 0.272. The van der Waals surface area contributed by atoms with E-state index in [0.29, 0.717) is 5.92 Å². The second-order valence-electron chi connectivity index (χ2n) is 7.97. The van der Waals surface area contributed by atoms with E-state index in [-0.39, 0.29) is 0 Å². The molecule has 10 heteroatoms. The van der Waals surface area contributed by atoms with Gasteiger partial charge in [-0.1, -0.05) is 25.6 Å². The number of aryl methyl sites for hydroxylation is 1. The van der Waals surface area contributed by atoms with Gasteiger partial charge in [0.05, 0.1) is 0 Å². The number of piperazine rings is 1. The Balaban J connectivity index is 1.53. The molecule has 170 valence electrons. The van der Waals surface area contributed by atoms with Gasteiger partial charge in [-0.2, -0.15) is 0 Å². The molecular formula is C21H35N9S. The van der Waals surface area contributed by atoms with Gasteiger partial charge in [0.25, 0.3) is 0 Å². The Morgan fingerprint density at radius 2 is 1.90 bits per heavy atom. The molecule has 1 saturated heterocycles. The zero-order valence-corrected chi connectivity index (χ0v) is 20.0. The lowest BCUT2D eigenvalue weighted by Crippen LogP contribution is -2.53. The van der Waals surface area contributed by atoms with Crippen molar-refractivity contribution in [2.45, 2.75) is 45.3 Å². The fraction of sp³-hybridized carbons (Fsp3) is 0.667. The summed E-state index contributed by atoms with van der Waals surface area (Å²) < 4.78 is 2.26. The predicted octanol–water partition coefficient (Wildman–Crippen LogP) is 2.17. The van der Waals surface area contributed by atoms with E-state index >= 15 is 0 Å². The number of anilines is 1. The largest absolute Gasteiger partial charge is 0.357 e. The minimum atomic E-state index is 0.569. The lowest BCUT2D eigenvalue weighted by Gasteiger charge is -2.36. The average Bonchev–Trinajstić information content (AvgIpc) is 3.17. The molecule has 31 heavy (non-hydrogen) atoms. The zero-order chi connectivity index (χ0) is 22.1. The Labute approximate surface area is 189 Å². The number of nitrogens with zero attached hydrogens (tertiary/aromatic N) is 8. The van der Waals surface area contributed by atoms with E-state index in [4.69, 9.17) is 4.99 Å². The van der Waals surface area contributed by atoms with Crippen LogP contribution in [0.2, 0.25) is 0 Å². The van der Waals surface area contributed by atoms with Gasteiger partial charge in [-0.15, -0.1) is 10.2 Å². The van der Waals surface area contributed by atoms with Crippen LogP contribution in [0, 0.1) is 5.92 Å². The Hall–Kier alpha value is -2.36. The molecule has 3 heterocycles. The van der Waals surface area contributed by atoms with E-state index in [9.17, 15) is 0 Å². The molecule has 3 rings (SSSR count). The monoisotopic (exact) mass is 445 g/mol. The highest BCUT2D eigenvalue weighted by molar-refractivity contribution is 7.98. The summed E-state index contributed by atoms with van der Waals surface area (Å²) in [7, 11) is 0. The minimum absolute atomic E-state index is 0.569. The van der Waals surface area contributed by atoms with Gasteiger partial charge in [0.15, 0.2) is 11.1 Å². The maximum absolute atomic E-state index is 4.89. The van der Waals surface area contributed by atoms with Gasteiger partial charge in [-0.3, -0.25) is 4.99 Å². The molecule has 2 aromatic heterocycles. The van der Waals surface area contributed by atoms with E-state index in [0.717, 1.165) is 81.5 Å². The van der Waals surface area contributed by atoms with E-state index in [1.165, 1.54) is 0 Å². The molecule has 9 nitrogen and oxygen atoms in total. The third-order valence-electron chi connectivity index (χ3n) is 5.09. The van der Waals surface area contributed by atoms with Crippen LogP contribution in [0.25, 0.3) is 0 Å². The van der Waals surface area contributed by atoms with Crippen LogP contribution >= 0.6 is 11.8 Å². The van der Waals surface area contributed by atoms with Crippen LogP contribution in [0.1, 0.15) is 33.0 Å². The van der Waals surface area contributed by atoms with E-state index in [2.05, 4.69) is 66.9 Å². The van der Waals surface area contributed by atoms with Crippen LogP contribution in [0.5, 0.6) is 0 Å². The SMILES string of the molecule is CCNC(=NCCCc1nnc(SC)n1CC(C)C)N1CCN(c2ncccn2)CC1. The fourth-order valence-corrected chi connectivity index (χ4v) is 4.15. The molecule has 0 saturated carbocycles. The van der Waals surface area contributed by atoms with Crippen LogP contribution in [-0.2, 0) is 13.0 Å². The van der Waals surface area contributed by atoms with Crippen LogP contribution < -0.4 is 10.2 Å². The molecule has 1 N–H and O–H groups in total. The standard InChI is InChI=1S/C21H35N9S/c1-5-22-19(28-12-14-29(15-13-28)20-24-10-7-11-25-20)23-9-6-8-18-26-27-21(31-4)30(18)16-17(2)3/h7,10-11,17H,5-6,8-9,12-16H2,1-4H3,(H,22,23). The van der Waals surface area contributed by atoms with Crippen LogP contribution in [0.4, 0.5) is 5.95 Å².